The summed E-state index contributed by atoms with van der Waals surface area (Å²) in [5.74, 6) is -0.0350. The summed E-state index contributed by atoms with van der Waals surface area (Å²) < 4.78 is 12.8. The number of carbonyl (C=O) groups excluding carboxylic acids is 1. The first-order valence-corrected chi connectivity index (χ1v) is 6.88. The van der Waals surface area contributed by atoms with Gasteiger partial charge in [0, 0.05) is 25.6 Å². The average molecular weight is 264 g/mol. The maximum Gasteiger partial charge on any atom is 0.222 e. The lowest BCUT2D eigenvalue weighted by atomic mass is 10.0. The first kappa shape index (κ1) is 14.0. The van der Waals surface area contributed by atoms with E-state index in [9.17, 15) is 9.18 Å². The van der Waals surface area contributed by atoms with Crippen LogP contribution in [0, 0.1) is 5.82 Å². The van der Waals surface area contributed by atoms with E-state index in [1.165, 1.54) is 12.1 Å². The molecule has 1 heterocycles. The van der Waals surface area contributed by atoms with Crippen molar-refractivity contribution in [2.45, 2.75) is 31.7 Å². The third kappa shape index (κ3) is 4.03. The Morgan fingerprint density at radius 3 is 2.84 bits per heavy atom. The predicted octanol–water partition coefficient (Wildman–Crippen LogP) is 1.97. The highest BCUT2D eigenvalue weighted by Gasteiger charge is 2.21. The minimum atomic E-state index is -0.233. The van der Waals surface area contributed by atoms with Crippen LogP contribution in [0.25, 0.3) is 0 Å². The largest absolute Gasteiger partial charge is 0.341 e. The zero-order valence-corrected chi connectivity index (χ0v) is 11.4. The van der Waals surface area contributed by atoms with Crippen molar-refractivity contribution in [2.75, 3.05) is 20.1 Å². The number of likely N-dealkylation sites (tertiary alicyclic amines) is 1. The zero-order chi connectivity index (χ0) is 13.7. The van der Waals surface area contributed by atoms with Crippen LogP contribution >= 0.6 is 0 Å². The van der Waals surface area contributed by atoms with Gasteiger partial charge in [-0.25, -0.2) is 4.39 Å². The third-order valence-electron chi connectivity index (χ3n) is 3.72. The monoisotopic (exact) mass is 264 g/mol. The van der Waals surface area contributed by atoms with Crippen LogP contribution in [0.4, 0.5) is 4.39 Å². The van der Waals surface area contributed by atoms with Gasteiger partial charge in [0.1, 0.15) is 5.82 Å². The van der Waals surface area contributed by atoms with Crippen molar-refractivity contribution < 1.29 is 9.18 Å². The molecule has 2 rings (SSSR count). The Kier molecular flexibility index (Phi) is 4.91. The van der Waals surface area contributed by atoms with Crippen LogP contribution in [-0.4, -0.2) is 37.0 Å². The summed E-state index contributed by atoms with van der Waals surface area (Å²) in [6.45, 7) is 1.67. The minimum absolute atomic E-state index is 0.198. The second-order valence-corrected chi connectivity index (χ2v) is 5.09. The molecule has 1 fully saturated rings. The summed E-state index contributed by atoms with van der Waals surface area (Å²) in [6, 6.07) is 6.79. The van der Waals surface area contributed by atoms with E-state index in [1.54, 1.807) is 12.1 Å². The van der Waals surface area contributed by atoms with Gasteiger partial charge < -0.3 is 10.2 Å². The molecule has 1 aromatic carbocycles. The van der Waals surface area contributed by atoms with Crippen molar-refractivity contribution >= 4 is 5.91 Å². The van der Waals surface area contributed by atoms with Gasteiger partial charge in [0.2, 0.25) is 5.91 Å². The van der Waals surface area contributed by atoms with E-state index in [0.717, 1.165) is 31.5 Å². The molecule has 1 amide bonds. The summed E-state index contributed by atoms with van der Waals surface area (Å²) in [5, 5.41) is 3.23. The molecule has 0 aromatic heterocycles. The van der Waals surface area contributed by atoms with Gasteiger partial charge in [-0.1, -0.05) is 12.1 Å². The smallest absolute Gasteiger partial charge is 0.222 e. The van der Waals surface area contributed by atoms with Crippen molar-refractivity contribution in [1.29, 1.82) is 0 Å². The number of nitrogens with one attached hydrogen (secondary N) is 1. The molecule has 1 saturated heterocycles. The van der Waals surface area contributed by atoms with Gasteiger partial charge in [0.25, 0.3) is 0 Å². The van der Waals surface area contributed by atoms with Gasteiger partial charge in [0.15, 0.2) is 0 Å². The molecule has 0 radical (unpaired) electrons. The van der Waals surface area contributed by atoms with Crippen molar-refractivity contribution in [3.63, 3.8) is 0 Å². The Hall–Kier alpha value is -1.42. The molecule has 0 aliphatic carbocycles. The van der Waals surface area contributed by atoms with E-state index in [2.05, 4.69) is 5.32 Å². The molecule has 3 nitrogen and oxygen atoms in total. The average Bonchev–Trinajstić information content (AvgIpc) is 2.46. The van der Waals surface area contributed by atoms with Gasteiger partial charge in [-0.15, -0.1) is 0 Å². The summed E-state index contributed by atoms with van der Waals surface area (Å²) in [6.07, 6.45) is 3.38. The van der Waals surface area contributed by atoms with Crippen LogP contribution < -0.4 is 5.32 Å². The number of halogens is 1. The Labute approximate surface area is 113 Å². The van der Waals surface area contributed by atoms with Crippen LogP contribution in [0.2, 0.25) is 0 Å². The molecule has 0 saturated carbocycles. The maximum atomic E-state index is 12.8. The maximum absolute atomic E-state index is 12.8. The quantitative estimate of drug-likeness (QED) is 0.901. The molecule has 1 aromatic rings. The number of piperidine rings is 1. The number of benzene rings is 1. The molecular weight excluding hydrogens is 243 g/mol. The van der Waals surface area contributed by atoms with E-state index in [4.69, 9.17) is 0 Å². The van der Waals surface area contributed by atoms with Gasteiger partial charge >= 0.3 is 0 Å². The third-order valence-corrected chi connectivity index (χ3v) is 3.72. The van der Waals surface area contributed by atoms with Crippen LogP contribution in [-0.2, 0) is 11.2 Å². The summed E-state index contributed by atoms with van der Waals surface area (Å²) in [7, 11) is 1.94. The number of hydrogen-bond donors (Lipinski definition) is 1. The summed E-state index contributed by atoms with van der Waals surface area (Å²) >= 11 is 0. The van der Waals surface area contributed by atoms with Crippen LogP contribution in [0.5, 0.6) is 0 Å². The number of hydrogen-bond acceptors (Lipinski definition) is 2. The topological polar surface area (TPSA) is 32.3 Å². The highest BCUT2D eigenvalue weighted by Crippen LogP contribution is 2.12. The second kappa shape index (κ2) is 6.66. The van der Waals surface area contributed by atoms with Crippen molar-refractivity contribution in [2.24, 2.45) is 0 Å². The van der Waals surface area contributed by atoms with E-state index in [1.807, 2.05) is 11.9 Å². The highest BCUT2D eigenvalue weighted by molar-refractivity contribution is 5.76. The van der Waals surface area contributed by atoms with Gasteiger partial charge in [-0.05, 0) is 44.0 Å². The van der Waals surface area contributed by atoms with Crippen LogP contribution in [0.1, 0.15) is 24.8 Å². The lowest BCUT2D eigenvalue weighted by Gasteiger charge is -2.32. The molecule has 0 bridgehead atoms. The standard InChI is InChI=1S/C15H21FN2O/c1-17-14-3-2-10-18(11-14)15(19)9-6-12-4-7-13(16)8-5-12/h4-5,7-8,14,17H,2-3,6,9-11H2,1H3. The fourth-order valence-electron chi connectivity index (χ4n) is 2.50. The molecule has 104 valence electrons. The lowest BCUT2D eigenvalue weighted by Crippen LogP contribution is -2.47. The molecule has 4 heteroatoms. The normalized spacial score (nSPS) is 19.5. The molecule has 1 N–H and O–H groups in total. The first-order valence-electron chi connectivity index (χ1n) is 6.88. The molecule has 0 spiro atoms. The number of likely N-dealkylation sites (N-methyl/N-ethyl adjacent to an activating group) is 1. The summed E-state index contributed by atoms with van der Waals surface area (Å²) in [4.78, 5) is 14.1. The Morgan fingerprint density at radius 2 is 2.16 bits per heavy atom. The van der Waals surface area contributed by atoms with Gasteiger partial charge in [0.05, 0.1) is 0 Å². The van der Waals surface area contributed by atoms with Crippen molar-refractivity contribution in [3.05, 3.63) is 35.6 Å². The number of carbonyl (C=O) groups is 1. The highest BCUT2D eigenvalue weighted by atomic mass is 19.1. The van der Waals surface area contributed by atoms with Gasteiger partial charge in [-0.3, -0.25) is 4.79 Å². The van der Waals surface area contributed by atoms with E-state index < -0.39 is 0 Å². The molecule has 19 heavy (non-hydrogen) atoms. The first-order chi connectivity index (χ1) is 9.19. The molecule has 1 aliphatic rings. The van der Waals surface area contributed by atoms with E-state index in [-0.39, 0.29) is 11.7 Å². The number of nitrogens with zero attached hydrogens (tertiary/aromatic N) is 1. The van der Waals surface area contributed by atoms with Crippen LogP contribution in [0.15, 0.2) is 24.3 Å². The lowest BCUT2D eigenvalue weighted by molar-refractivity contribution is -0.132. The molecular formula is C15H21FN2O. The zero-order valence-electron chi connectivity index (χ0n) is 11.4. The Morgan fingerprint density at radius 1 is 1.42 bits per heavy atom. The summed E-state index contributed by atoms with van der Waals surface area (Å²) in [5.41, 5.74) is 1.01. The molecule has 1 unspecified atom stereocenters. The fraction of sp³-hybridized carbons (Fsp3) is 0.533. The van der Waals surface area contributed by atoms with Crippen LogP contribution in [0.3, 0.4) is 0 Å². The molecule has 1 atom stereocenters. The predicted molar refractivity (Wildman–Crippen MR) is 73.4 cm³/mol. The van der Waals surface area contributed by atoms with Crippen molar-refractivity contribution in [1.82, 2.24) is 10.2 Å². The number of aryl methyl sites for hydroxylation is 1. The molecule has 1 aliphatic heterocycles. The Bertz CT molecular complexity index is 419. The fourth-order valence-corrected chi connectivity index (χ4v) is 2.50. The second-order valence-electron chi connectivity index (χ2n) is 5.09. The SMILES string of the molecule is CNC1CCCN(C(=O)CCc2ccc(F)cc2)C1. The van der Waals surface area contributed by atoms with Gasteiger partial charge in [-0.2, -0.15) is 0 Å². The number of rotatable bonds is 4. The minimum Gasteiger partial charge on any atom is -0.341 e. The van der Waals surface area contributed by atoms with Crippen molar-refractivity contribution in [3.8, 4) is 0 Å². The number of amides is 1. The Balaban J connectivity index is 1.82. The van der Waals surface area contributed by atoms with E-state index >= 15 is 0 Å². The van der Waals surface area contributed by atoms with E-state index in [0.29, 0.717) is 18.9 Å².